The minimum absolute atomic E-state index is 0.309. The SMILES string of the molecule is c1nnn2c1CN(CCOC1CCOC1)CCC2. The van der Waals surface area contributed by atoms with Gasteiger partial charge in [-0.25, -0.2) is 4.68 Å². The first-order chi connectivity index (χ1) is 8.92. The molecular weight excluding hydrogens is 232 g/mol. The molecule has 100 valence electrons. The molecule has 0 bridgehead atoms. The van der Waals surface area contributed by atoms with E-state index in [2.05, 4.69) is 15.2 Å². The summed E-state index contributed by atoms with van der Waals surface area (Å²) >= 11 is 0. The summed E-state index contributed by atoms with van der Waals surface area (Å²) in [5, 5.41) is 8.05. The first-order valence-corrected chi connectivity index (χ1v) is 6.71. The molecule has 6 heteroatoms. The molecular formula is C12H20N4O2. The van der Waals surface area contributed by atoms with Crippen LogP contribution in [0.3, 0.4) is 0 Å². The van der Waals surface area contributed by atoms with Crippen LogP contribution < -0.4 is 0 Å². The van der Waals surface area contributed by atoms with Crippen LogP contribution in [0.4, 0.5) is 0 Å². The van der Waals surface area contributed by atoms with Crippen molar-refractivity contribution in [1.82, 2.24) is 19.9 Å². The Kier molecular flexibility index (Phi) is 3.87. The summed E-state index contributed by atoms with van der Waals surface area (Å²) in [5.41, 5.74) is 1.21. The second-order valence-electron chi connectivity index (χ2n) is 4.93. The number of nitrogens with zero attached hydrogens (tertiary/aromatic N) is 4. The normalized spacial score (nSPS) is 25.0. The quantitative estimate of drug-likeness (QED) is 0.771. The van der Waals surface area contributed by atoms with Crippen LogP contribution >= 0.6 is 0 Å². The van der Waals surface area contributed by atoms with E-state index in [1.165, 1.54) is 5.69 Å². The molecule has 0 spiro atoms. The third kappa shape index (κ3) is 2.88. The highest BCUT2D eigenvalue weighted by Gasteiger charge is 2.18. The Hall–Kier alpha value is -0.980. The lowest BCUT2D eigenvalue weighted by atomic mass is 10.3. The van der Waals surface area contributed by atoms with E-state index < -0.39 is 0 Å². The fourth-order valence-electron chi connectivity index (χ4n) is 2.53. The molecule has 2 aliphatic rings. The predicted molar refractivity (Wildman–Crippen MR) is 65.1 cm³/mol. The molecule has 2 aliphatic heterocycles. The average Bonchev–Trinajstić information content (AvgIpc) is 2.99. The Labute approximate surface area is 107 Å². The first kappa shape index (κ1) is 12.1. The van der Waals surface area contributed by atoms with Crippen LogP contribution in [0, 0.1) is 0 Å². The molecule has 1 saturated heterocycles. The number of hydrogen-bond acceptors (Lipinski definition) is 5. The summed E-state index contributed by atoms with van der Waals surface area (Å²) < 4.78 is 13.1. The molecule has 0 radical (unpaired) electrons. The van der Waals surface area contributed by atoms with Gasteiger partial charge in [-0.2, -0.15) is 0 Å². The Morgan fingerprint density at radius 3 is 3.33 bits per heavy atom. The van der Waals surface area contributed by atoms with Crippen LogP contribution in [0.2, 0.25) is 0 Å². The molecule has 0 N–H and O–H groups in total. The second-order valence-corrected chi connectivity index (χ2v) is 4.93. The molecule has 3 rings (SSSR count). The molecule has 1 atom stereocenters. The van der Waals surface area contributed by atoms with Gasteiger partial charge >= 0.3 is 0 Å². The maximum atomic E-state index is 5.81. The molecule has 0 aliphatic carbocycles. The van der Waals surface area contributed by atoms with E-state index in [0.29, 0.717) is 6.10 Å². The van der Waals surface area contributed by atoms with Crippen LogP contribution in [-0.2, 0) is 22.6 Å². The summed E-state index contributed by atoms with van der Waals surface area (Å²) in [6.07, 6.45) is 4.34. The van der Waals surface area contributed by atoms with E-state index in [0.717, 1.165) is 58.8 Å². The number of hydrogen-bond donors (Lipinski definition) is 0. The van der Waals surface area contributed by atoms with E-state index >= 15 is 0 Å². The standard InChI is InChI=1S/C12H20N4O2/c1-3-15(5-7-18-12-2-6-17-10-12)9-11-8-13-14-16(11)4-1/h8,12H,1-7,9-10H2. The van der Waals surface area contributed by atoms with Gasteiger partial charge in [0.15, 0.2) is 0 Å². The van der Waals surface area contributed by atoms with Crippen molar-refractivity contribution in [3.8, 4) is 0 Å². The molecule has 1 aromatic rings. The Morgan fingerprint density at radius 1 is 1.44 bits per heavy atom. The summed E-state index contributed by atoms with van der Waals surface area (Å²) in [4.78, 5) is 2.41. The van der Waals surface area contributed by atoms with Gasteiger partial charge in [0.2, 0.25) is 0 Å². The van der Waals surface area contributed by atoms with Gasteiger partial charge in [-0.3, -0.25) is 4.90 Å². The van der Waals surface area contributed by atoms with Crippen LogP contribution in [0.1, 0.15) is 18.5 Å². The third-order valence-electron chi connectivity index (χ3n) is 3.58. The fourth-order valence-corrected chi connectivity index (χ4v) is 2.53. The molecule has 3 heterocycles. The third-order valence-corrected chi connectivity index (χ3v) is 3.58. The van der Waals surface area contributed by atoms with Gasteiger partial charge in [-0.15, -0.1) is 5.10 Å². The van der Waals surface area contributed by atoms with Crippen LogP contribution in [0.5, 0.6) is 0 Å². The van der Waals surface area contributed by atoms with Gasteiger partial charge in [0, 0.05) is 32.8 Å². The van der Waals surface area contributed by atoms with E-state index in [4.69, 9.17) is 9.47 Å². The molecule has 1 unspecified atom stereocenters. The highest BCUT2D eigenvalue weighted by Crippen LogP contribution is 2.11. The molecule has 0 aromatic carbocycles. The number of fused-ring (bicyclic) bond motifs is 1. The van der Waals surface area contributed by atoms with Crippen LogP contribution in [-0.4, -0.2) is 58.9 Å². The van der Waals surface area contributed by atoms with Crippen molar-refractivity contribution in [2.75, 3.05) is 32.9 Å². The van der Waals surface area contributed by atoms with E-state index in [-0.39, 0.29) is 0 Å². The van der Waals surface area contributed by atoms with E-state index in [1.54, 1.807) is 0 Å². The minimum atomic E-state index is 0.309. The van der Waals surface area contributed by atoms with Gasteiger partial charge in [0.05, 0.1) is 31.2 Å². The van der Waals surface area contributed by atoms with Crippen molar-refractivity contribution in [3.05, 3.63) is 11.9 Å². The average molecular weight is 252 g/mol. The van der Waals surface area contributed by atoms with E-state index in [1.807, 2.05) is 10.9 Å². The molecule has 1 fully saturated rings. The van der Waals surface area contributed by atoms with Crippen molar-refractivity contribution in [2.45, 2.75) is 32.0 Å². The Balaban J connectivity index is 1.45. The number of rotatable bonds is 4. The minimum Gasteiger partial charge on any atom is -0.379 e. The van der Waals surface area contributed by atoms with Crippen molar-refractivity contribution >= 4 is 0 Å². The topological polar surface area (TPSA) is 52.4 Å². The summed E-state index contributed by atoms with van der Waals surface area (Å²) in [7, 11) is 0. The number of aryl methyl sites for hydroxylation is 1. The maximum absolute atomic E-state index is 5.81. The van der Waals surface area contributed by atoms with Crippen molar-refractivity contribution < 1.29 is 9.47 Å². The second kappa shape index (κ2) is 5.77. The highest BCUT2D eigenvalue weighted by atomic mass is 16.5. The fraction of sp³-hybridized carbons (Fsp3) is 0.833. The molecule has 6 nitrogen and oxygen atoms in total. The smallest absolute Gasteiger partial charge is 0.0831 e. The molecule has 0 saturated carbocycles. The van der Waals surface area contributed by atoms with Crippen molar-refractivity contribution in [1.29, 1.82) is 0 Å². The summed E-state index contributed by atoms with van der Waals surface area (Å²) in [5.74, 6) is 0. The van der Waals surface area contributed by atoms with Crippen molar-refractivity contribution in [2.24, 2.45) is 0 Å². The van der Waals surface area contributed by atoms with Crippen LogP contribution in [0.15, 0.2) is 6.20 Å². The van der Waals surface area contributed by atoms with Crippen molar-refractivity contribution in [3.63, 3.8) is 0 Å². The first-order valence-electron chi connectivity index (χ1n) is 6.71. The lowest BCUT2D eigenvalue weighted by molar-refractivity contribution is 0.0288. The van der Waals surface area contributed by atoms with Gasteiger partial charge in [-0.05, 0) is 12.8 Å². The van der Waals surface area contributed by atoms with Gasteiger partial charge in [0.1, 0.15) is 0 Å². The van der Waals surface area contributed by atoms with Gasteiger partial charge < -0.3 is 9.47 Å². The highest BCUT2D eigenvalue weighted by molar-refractivity contribution is 4.95. The molecule has 18 heavy (non-hydrogen) atoms. The zero-order chi connectivity index (χ0) is 12.2. The molecule has 1 aromatic heterocycles. The Bertz CT molecular complexity index is 376. The van der Waals surface area contributed by atoms with Gasteiger partial charge in [-0.1, -0.05) is 5.21 Å². The number of aromatic nitrogens is 3. The lowest BCUT2D eigenvalue weighted by Gasteiger charge is -2.20. The van der Waals surface area contributed by atoms with Crippen LogP contribution in [0.25, 0.3) is 0 Å². The maximum Gasteiger partial charge on any atom is 0.0831 e. The monoisotopic (exact) mass is 252 g/mol. The zero-order valence-corrected chi connectivity index (χ0v) is 10.6. The lowest BCUT2D eigenvalue weighted by Crippen LogP contribution is -2.29. The summed E-state index contributed by atoms with van der Waals surface area (Å²) in [6.45, 7) is 6.38. The van der Waals surface area contributed by atoms with E-state index in [9.17, 15) is 0 Å². The molecule has 0 amide bonds. The number of ether oxygens (including phenoxy) is 2. The van der Waals surface area contributed by atoms with Gasteiger partial charge in [0.25, 0.3) is 0 Å². The largest absolute Gasteiger partial charge is 0.379 e. The predicted octanol–water partition coefficient (Wildman–Crippen LogP) is 0.289. The zero-order valence-electron chi connectivity index (χ0n) is 10.6. The Morgan fingerprint density at radius 2 is 2.44 bits per heavy atom. The summed E-state index contributed by atoms with van der Waals surface area (Å²) in [6, 6.07) is 0.